The first-order valence-corrected chi connectivity index (χ1v) is 21.7. The van der Waals surface area contributed by atoms with E-state index < -0.39 is 0 Å². The second kappa shape index (κ2) is 17.1. The van der Waals surface area contributed by atoms with Gasteiger partial charge in [0.25, 0.3) is 0 Å². The molecule has 0 amide bonds. The van der Waals surface area contributed by atoms with Crippen molar-refractivity contribution in [1.29, 1.82) is 0 Å². The molecule has 0 aliphatic rings. The van der Waals surface area contributed by atoms with Gasteiger partial charge in [-0.25, -0.2) is 15.0 Å². The maximum Gasteiger partial charge on any atom is 0.164 e. The van der Waals surface area contributed by atoms with Crippen LogP contribution in [0, 0.1) is 0 Å². The topological polar surface area (TPSA) is 38.7 Å². The molecule has 0 spiro atoms. The monoisotopic (exact) mass is 815 g/mol. The molecule has 11 rings (SSSR count). The third kappa shape index (κ3) is 7.90. The van der Waals surface area contributed by atoms with E-state index in [0.717, 1.165) is 66.6 Å². The summed E-state index contributed by atoms with van der Waals surface area (Å²) < 4.78 is 0. The molecule has 0 unspecified atom stereocenters. The summed E-state index contributed by atoms with van der Waals surface area (Å²) in [5, 5.41) is 2.31. The van der Waals surface area contributed by atoms with Crippen molar-refractivity contribution in [3.8, 4) is 101 Å². The molecule has 300 valence electrons. The molecule has 64 heavy (non-hydrogen) atoms. The van der Waals surface area contributed by atoms with Crippen molar-refractivity contribution in [3.05, 3.63) is 249 Å². The van der Waals surface area contributed by atoms with Crippen molar-refractivity contribution in [3.63, 3.8) is 0 Å². The van der Waals surface area contributed by atoms with E-state index in [4.69, 9.17) is 15.0 Å². The zero-order valence-electron chi connectivity index (χ0n) is 35.0. The molecule has 0 bridgehead atoms. The molecule has 0 saturated heterocycles. The lowest BCUT2D eigenvalue weighted by atomic mass is 9.89. The van der Waals surface area contributed by atoms with E-state index in [0.29, 0.717) is 17.5 Å². The molecular formula is C61H41N3. The maximum atomic E-state index is 5.23. The molecule has 11 aromatic rings. The van der Waals surface area contributed by atoms with Gasteiger partial charge in [-0.15, -0.1) is 0 Å². The summed E-state index contributed by atoms with van der Waals surface area (Å²) in [6.45, 7) is 0. The van der Waals surface area contributed by atoms with Crippen LogP contribution in [0.4, 0.5) is 0 Å². The van der Waals surface area contributed by atoms with Crippen molar-refractivity contribution < 1.29 is 0 Å². The molecular weight excluding hydrogens is 775 g/mol. The van der Waals surface area contributed by atoms with E-state index in [1.165, 1.54) is 27.6 Å². The molecule has 3 nitrogen and oxygen atoms in total. The van der Waals surface area contributed by atoms with Crippen LogP contribution in [0.5, 0.6) is 0 Å². The molecule has 0 N–H and O–H groups in total. The molecule has 0 fully saturated rings. The second-order valence-corrected chi connectivity index (χ2v) is 16.1. The normalized spacial score (nSPS) is 11.1. The standard InChI is InChI=1S/C61H41N3/c1-5-17-42(18-6-1)48-27-16-30-51(36-48)59-62-60(52-32-31-45-23-13-14-26-47(45)37-52)64-61(63-59)53-33-34-57(58(41-53)46-24-11-4-12-25-46)50-29-15-28-49(35-50)56-39-54(43-19-7-2-8-20-43)38-55(40-56)44-21-9-3-10-22-44/h1-41H. The van der Waals surface area contributed by atoms with Crippen LogP contribution in [0.1, 0.15) is 0 Å². The Labute approximate surface area is 373 Å². The van der Waals surface area contributed by atoms with Gasteiger partial charge in [-0.3, -0.25) is 0 Å². The number of hydrogen-bond acceptors (Lipinski definition) is 3. The molecule has 1 heterocycles. The van der Waals surface area contributed by atoms with E-state index in [9.17, 15) is 0 Å². The third-order valence-corrected chi connectivity index (χ3v) is 11.9. The fourth-order valence-corrected chi connectivity index (χ4v) is 8.61. The van der Waals surface area contributed by atoms with Crippen LogP contribution in [0.2, 0.25) is 0 Å². The van der Waals surface area contributed by atoms with E-state index >= 15 is 0 Å². The highest BCUT2D eigenvalue weighted by Gasteiger charge is 2.17. The number of hydrogen-bond donors (Lipinski definition) is 0. The Bertz CT molecular complexity index is 3360. The quantitative estimate of drug-likeness (QED) is 0.146. The number of benzene rings is 10. The van der Waals surface area contributed by atoms with Gasteiger partial charge in [0.15, 0.2) is 17.5 Å². The van der Waals surface area contributed by atoms with Crippen molar-refractivity contribution in [1.82, 2.24) is 15.0 Å². The summed E-state index contributed by atoms with van der Waals surface area (Å²) in [6, 6.07) is 88.0. The minimum absolute atomic E-state index is 0.613. The van der Waals surface area contributed by atoms with Crippen molar-refractivity contribution in [2.45, 2.75) is 0 Å². The highest BCUT2D eigenvalue weighted by Crippen LogP contribution is 2.39. The van der Waals surface area contributed by atoms with Crippen LogP contribution in [-0.2, 0) is 0 Å². The van der Waals surface area contributed by atoms with Gasteiger partial charge >= 0.3 is 0 Å². The van der Waals surface area contributed by atoms with E-state index in [1.807, 2.05) is 6.07 Å². The Morgan fingerprint density at radius 1 is 0.172 bits per heavy atom. The summed E-state index contributed by atoms with van der Waals surface area (Å²) in [5.41, 5.74) is 16.5. The summed E-state index contributed by atoms with van der Waals surface area (Å²) in [4.78, 5) is 15.6. The molecule has 0 aliphatic heterocycles. The molecule has 3 heteroatoms. The van der Waals surface area contributed by atoms with Crippen LogP contribution in [0.3, 0.4) is 0 Å². The number of fused-ring (bicyclic) bond motifs is 1. The average molecular weight is 816 g/mol. The zero-order chi connectivity index (χ0) is 42.7. The van der Waals surface area contributed by atoms with Crippen LogP contribution in [0.15, 0.2) is 249 Å². The fraction of sp³-hybridized carbons (Fsp3) is 0. The summed E-state index contributed by atoms with van der Waals surface area (Å²) in [6.07, 6.45) is 0. The minimum Gasteiger partial charge on any atom is -0.208 e. The van der Waals surface area contributed by atoms with Crippen molar-refractivity contribution >= 4 is 10.8 Å². The highest BCUT2D eigenvalue weighted by atomic mass is 15.0. The van der Waals surface area contributed by atoms with Gasteiger partial charge < -0.3 is 0 Å². The van der Waals surface area contributed by atoms with Crippen molar-refractivity contribution in [2.24, 2.45) is 0 Å². The smallest absolute Gasteiger partial charge is 0.164 e. The fourth-order valence-electron chi connectivity index (χ4n) is 8.61. The van der Waals surface area contributed by atoms with Crippen molar-refractivity contribution in [2.75, 3.05) is 0 Å². The number of nitrogens with zero attached hydrogens (tertiary/aromatic N) is 3. The molecule has 0 saturated carbocycles. The van der Waals surface area contributed by atoms with Gasteiger partial charge in [0.2, 0.25) is 0 Å². The molecule has 0 atom stereocenters. The Kier molecular flexibility index (Phi) is 10.3. The first kappa shape index (κ1) is 38.4. The lowest BCUT2D eigenvalue weighted by Gasteiger charge is -2.15. The Morgan fingerprint density at radius 3 is 1.11 bits per heavy atom. The van der Waals surface area contributed by atoms with E-state index in [2.05, 4.69) is 243 Å². The van der Waals surface area contributed by atoms with Gasteiger partial charge in [0, 0.05) is 16.7 Å². The van der Waals surface area contributed by atoms with Crippen LogP contribution < -0.4 is 0 Å². The maximum absolute atomic E-state index is 5.23. The first-order valence-electron chi connectivity index (χ1n) is 21.7. The van der Waals surface area contributed by atoms with Crippen LogP contribution in [-0.4, -0.2) is 15.0 Å². The highest BCUT2D eigenvalue weighted by molar-refractivity contribution is 5.90. The van der Waals surface area contributed by atoms with Gasteiger partial charge in [-0.2, -0.15) is 0 Å². The largest absolute Gasteiger partial charge is 0.208 e. The lowest BCUT2D eigenvalue weighted by molar-refractivity contribution is 1.07. The molecule has 0 aliphatic carbocycles. The predicted molar refractivity (Wildman–Crippen MR) is 266 cm³/mol. The van der Waals surface area contributed by atoms with Gasteiger partial charge in [0.1, 0.15) is 0 Å². The SMILES string of the molecule is c1ccc(-c2cc(-c3ccccc3)cc(-c3cccc(-c4ccc(-c5nc(-c6cccc(-c7ccccc7)c6)nc(-c6ccc7ccccc7c6)n5)cc4-c4ccccc4)c3)c2)cc1. The van der Waals surface area contributed by atoms with Crippen LogP contribution in [0.25, 0.3) is 112 Å². The molecule has 10 aromatic carbocycles. The van der Waals surface area contributed by atoms with E-state index in [1.54, 1.807) is 0 Å². The van der Waals surface area contributed by atoms with Gasteiger partial charge in [-0.05, 0) is 120 Å². The Balaban J connectivity index is 1.05. The Morgan fingerprint density at radius 2 is 0.531 bits per heavy atom. The molecule has 1 aromatic heterocycles. The first-order chi connectivity index (χ1) is 31.7. The summed E-state index contributed by atoms with van der Waals surface area (Å²) >= 11 is 0. The van der Waals surface area contributed by atoms with Crippen LogP contribution >= 0.6 is 0 Å². The van der Waals surface area contributed by atoms with Gasteiger partial charge in [0.05, 0.1) is 0 Å². The summed E-state index contributed by atoms with van der Waals surface area (Å²) in [5.74, 6) is 1.86. The predicted octanol–water partition coefficient (Wildman–Crippen LogP) is 16.0. The van der Waals surface area contributed by atoms with E-state index in [-0.39, 0.29) is 0 Å². The number of aromatic nitrogens is 3. The molecule has 0 radical (unpaired) electrons. The summed E-state index contributed by atoms with van der Waals surface area (Å²) in [7, 11) is 0. The lowest BCUT2D eigenvalue weighted by Crippen LogP contribution is -2.01. The zero-order valence-corrected chi connectivity index (χ0v) is 35.0. The Hall–Kier alpha value is -8.53. The van der Waals surface area contributed by atoms with Gasteiger partial charge in [-0.1, -0.05) is 206 Å². The third-order valence-electron chi connectivity index (χ3n) is 11.9. The average Bonchev–Trinajstić information content (AvgIpc) is 3.39. The minimum atomic E-state index is 0.613. The second-order valence-electron chi connectivity index (χ2n) is 16.1. The number of rotatable bonds is 9.